The molecule has 17 heavy (non-hydrogen) atoms. The van der Waals surface area contributed by atoms with Gasteiger partial charge in [-0.1, -0.05) is 12.6 Å². The number of benzene rings is 1. The Morgan fingerprint density at radius 2 is 2.06 bits per heavy atom. The maximum atomic E-state index is 11.7. The molecule has 1 aliphatic heterocycles. The number of carbonyl (C=O) groups is 3. The Morgan fingerprint density at radius 3 is 2.59 bits per heavy atom. The molecule has 5 nitrogen and oxygen atoms in total. The quantitative estimate of drug-likeness (QED) is 0.613. The van der Waals surface area contributed by atoms with Crippen molar-refractivity contribution < 1.29 is 19.5 Å². The number of carboxylic acid groups (broad SMARTS) is 1. The number of hydrogen-bond acceptors (Lipinski definition) is 3. The summed E-state index contributed by atoms with van der Waals surface area (Å²) in [6, 6.07) is 5.68. The zero-order valence-corrected chi connectivity index (χ0v) is 8.84. The van der Waals surface area contributed by atoms with Crippen molar-refractivity contribution in [2.75, 3.05) is 4.90 Å². The highest BCUT2D eigenvalue weighted by Crippen LogP contribution is 2.25. The molecule has 0 radical (unpaired) electrons. The Kier molecular flexibility index (Phi) is 2.51. The zero-order valence-electron chi connectivity index (χ0n) is 8.84. The van der Waals surface area contributed by atoms with Gasteiger partial charge in [-0.25, -0.2) is 9.69 Å². The van der Waals surface area contributed by atoms with Gasteiger partial charge in [0.2, 0.25) is 5.91 Å². The van der Waals surface area contributed by atoms with Crippen LogP contribution in [-0.2, 0) is 9.59 Å². The number of aromatic carboxylic acids is 1. The van der Waals surface area contributed by atoms with Crippen LogP contribution < -0.4 is 4.90 Å². The fourth-order valence-electron chi connectivity index (χ4n) is 1.65. The standard InChI is InChI=1S/C12H9NO4/c1-7-5-10(14)13(11(7)15)9-4-2-3-8(6-9)12(16)17/h2-4,6H,1,5H2,(H,16,17). The third-order valence-electron chi connectivity index (χ3n) is 2.47. The maximum Gasteiger partial charge on any atom is 0.335 e. The maximum absolute atomic E-state index is 11.7. The van der Waals surface area contributed by atoms with Gasteiger partial charge in [0.25, 0.3) is 5.91 Å². The summed E-state index contributed by atoms with van der Waals surface area (Å²) in [5, 5.41) is 8.83. The third kappa shape index (κ3) is 1.82. The van der Waals surface area contributed by atoms with E-state index in [4.69, 9.17) is 5.11 Å². The Bertz CT molecular complexity index is 547. The minimum Gasteiger partial charge on any atom is -0.478 e. The van der Waals surface area contributed by atoms with Crippen molar-refractivity contribution in [1.82, 2.24) is 0 Å². The van der Waals surface area contributed by atoms with Crippen molar-refractivity contribution in [1.29, 1.82) is 0 Å². The number of hydrogen-bond donors (Lipinski definition) is 1. The van der Waals surface area contributed by atoms with Gasteiger partial charge in [-0.15, -0.1) is 0 Å². The minimum absolute atomic E-state index is 0.0177. The number of imide groups is 1. The Balaban J connectivity index is 2.44. The molecule has 2 amide bonds. The molecular weight excluding hydrogens is 222 g/mol. The predicted octanol–water partition coefficient (Wildman–Crippen LogP) is 1.20. The number of carboxylic acids is 1. The molecule has 1 aromatic carbocycles. The lowest BCUT2D eigenvalue weighted by molar-refractivity contribution is -0.120. The fraction of sp³-hybridized carbons (Fsp3) is 0.0833. The third-order valence-corrected chi connectivity index (χ3v) is 2.47. The van der Waals surface area contributed by atoms with Gasteiger partial charge in [0.05, 0.1) is 17.7 Å². The van der Waals surface area contributed by atoms with Crippen LogP contribution in [0.2, 0.25) is 0 Å². The molecule has 2 rings (SSSR count). The SMILES string of the molecule is C=C1CC(=O)N(c2cccc(C(=O)O)c2)C1=O. The molecule has 86 valence electrons. The van der Waals surface area contributed by atoms with Crippen LogP contribution in [0.3, 0.4) is 0 Å². The van der Waals surface area contributed by atoms with E-state index in [-0.39, 0.29) is 29.2 Å². The molecule has 1 aromatic rings. The van der Waals surface area contributed by atoms with Gasteiger partial charge in [0.15, 0.2) is 0 Å². The van der Waals surface area contributed by atoms with E-state index in [9.17, 15) is 14.4 Å². The van der Waals surface area contributed by atoms with Crippen LogP contribution in [-0.4, -0.2) is 22.9 Å². The highest BCUT2D eigenvalue weighted by atomic mass is 16.4. The summed E-state index contributed by atoms with van der Waals surface area (Å²) in [4.78, 5) is 35.0. The molecule has 1 heterocycles. The second kappa shape index (κ2) is 3.86. The molecule has 5 heteroatoms. The van der Waals surface area contributed by atoms with Crippen molar-refractivity contribution in [3.05, 3.63) is 42.0 Å². The van der Waals surface area contributed by atoms with Crippen molar-refractivity contribution >= 4 is 23.5 Å². The van der Waals surface area contributed by atoms with Gasteiger partial charge >= 0.3 is 5.97 Å². The first-order chi connectivity index (χ1) is 8.00. The Morgan fingerprint density at radius 1 is 1.35 bits per heavy atom. The summed E-state index contributed by atoms with van der Waals surface area (Å²) in [5.41, 5.74) is 0.509. The van der Waals surface area contributed by atoms with E-state index < -0.39 is 11.9 Å². The monoisotopic (exact) mass is 231 g/mol. The summed E-state index contributed by atoms with van der Waals surface area (Å²) >= 11 is 0. The van der Waals surface area contributed by atoms with Gasteiger partial charge in [-0.05, 0) is 18.2 Å². The van der Waals surface area contributed by atoms with Gasteiger partial charge in [0, 0.05) is 5.57 Å². The Hall–Kier alpha value is -2.43. The molecule has 0 spiro atoms. The van der Waals surface area contributed by atoms with Gasteiger partial charge < -0.3 is 5.11 Å². The summed E-state index contributed by atoms with van der Waals surface area (Å²) in [5.74, 6) is -1.97. The normalized spacial score (nSPS) is 15.5. The lowest BCUT2D eigenvalue weighted by atomic mass is 10.2. The van der Waals surface area contributed by atoms with Crippen LogP contribution in [0.5, 0.6) is 0 Å². The predicted molar refractivity (Wildman–Crippen MR) is 59.7 cm³/mol. The lowest BCUT2D eigenvalue weighted by Crippen LogP contribution is -2.29. The largest absolute Gasteiger partial charge is 0.478 e. The first-order valence-electron chi connectivity index (χ1n) is 4.89. The first kappa shape index (κ1) is 11.1. The van der Waals surface area contributed by atoms with Crippen LogP contribution in [0.4, 0.5) is 5.69 Å². The molecule has 0 aliphatic carbocycles. The van der Waals surface area contributed by atoms with Gasteiger partial charge in [-0.3, -0.25) is 9.59 Å². The molecule has 1 aliphatic rings. The van der Waals surface area contributed by atoms with Crippen molar-refractivity contribution in [2.45, 2.75) is 6.42 Å². The van der Waals surface area contributed by atoms with E-state index in [1.54, 1.807) is 0 Å². The Labute approximate surface area is 97.0 Å². The van der Waals surface area contributed by atoms with E-state index in [0.717, 1.165) is 4.90 Å². The smallest absolute Gasteiger partial charge is 0.335 e. The number of carbonyl (C=O) groups excluding carboxylic acids is 2. The summed E-state index contributed by atoms with van der Waals surface area (Å²) in [6.07, 6.45) is -0.0177. The highest BCUT2D eigenvalue weighted by molar-refractivity contribution is 6.28. The molecule has 0 bridgehead atoms. The van der Waals surface area contributed by atoms with E-state index in [2.05, 4.69) is 6.58 Å². The van der Waals surface area contributed by atoms with E-state index >= 15 is 0 Å². The van der Waals surface area contributed by atoms with Crippen LogP contribution >= 0.6 is 0 Å². The minimum atomic E-state index is -1.11. The van der Waals surface area contributed by atoms with E-state index in [0.29, 0.717) is 0 Å². The van der Waals surface area contributed by atoms with Crippen molar-refractivity contribution in [3.8, 4) is 0 Å². The zero-order chi connectivity index (χ0) is 12.6. The molecular formula is C12H9NO4. The van der Waals surface area contributed by atoms with Crippen molar-refractivity contribution in [3.63, 3.8) is 0 Å². The van der Waals surface area contributed by atoms with Crippen LogP contribution in [0.25, 0.3) is 0 Å². The second-order valence-electron chi connectivity index (χ2n) is 3.67. The number of amides is 2. The lowest BCUT2D eigenvalue weighted by Gasteiger charge is -2.13. The number of rotatable bonds is 2. The molecule has 1 fully saturated rings. The second-order valence-corrected chi connectivity index (χ2v) is 3.67. The molecule has 1 saturated heterocycles. The average Bonchev–Trinajstić information content (AvgIpc) is 2.53. The molecule has 0 unspecified atom stereocenters. The highest BCUT2D eigenvalue weighted by Gasteiger charge is 2.33. The van der Waals surface area contributed by atoms with Crippen LogP contribution in [0.1, 0.15) is 16.8 Å². The van der Waals surface area contributed by atoms with E-state index in [1.165, 1.54) is 24.3 Å². The van der Waals surface area contributed by atoms with E-state index in [1.807, 2.05) is 0 Å². The molecule has 0 aromatic heterocycles. The number of anilines is 1. The van der Waals surface area contributed by atoms with Gasteiger partial charge in [0.1, 0.15) is 0 Å². The molecule has 0 atom stereocenters. The fourth-order valence-corrected chi connectivity index (χ4v) is 1.65. The van der Waals surface area contributed by atoms with Gasteiger partial charge in [-0.2, -0.15) is 0 Å². The van der Waals surface area contributed by atoms with Crippen LogP contribution in [0.15, 0.2) is 36.4 Å². The summed E-state index contributed by atoms with van der Waals surface area (Å²) in [7, 11) is 0. The molecule has 1 N–H and O–H groups in total. The number of nitrogens with zero attached hydrogens (tertiary/aromatic N) is 1. The molecule has 0 saturated carbocycles. The van der Waals surface area contributed by atoms with Crippen molar-refractivity contribution in [2.24, 2.45) is 0 Å². The first-order valence-corrected chi connectivity index (χ1v) is 4.89. The topological polar surface area (TPSA) is 74.7 Å². The summed E-state index contributed by atoms with van der Waals surface area (Å²) in [6.45, 7) is 3.49. The van der Waals surface area contributed by atoms with Crippen LogP contribution in [0, 0.1) is 0 Å². The summed E-state index contributed by atoms with van der Waals surface area (Å²) < 4.78 is 0. The average molecular weight is 231 g/mol.